The van der Waals surface area contributed by atoms with Gasteiger partial charge in [0.15, 0.2) is 12.2 Å². The van der Waals surface area contributed by atoms with Crippen LogP contribution < -0.4 is 0 Å². The van der Waals surface area contributed by atoms with Crippen LogP contribution in [0.4, 0.5) is 0 Å². The fourth-order valence-corrected chi connectivity index (χ4v) is 12.8. The van der Waals surface area contributed by atoms with Crippen molar-refractivity contribution in [2.75, 3.05) is 39.6 Å². The average Bonchev–Trinajstić information content (AvgIpc) is 3.44. The summed E-state index contributed by atoms with van der Waals surface area (Å²) in [6, 6.07) is 0. The summed E-state index contributed by atoms with van der Waals surface area (Å²) in [5.41, 5.74) is 0. The number of hydrogen-bond donors (Lipinski definition) is 3. The number of rotatable bonds is 74. The van der Waals surface area contributed by atoms with E-state index >= 15 is 0 Å². The number of aliphatic hydroxyl groups excluding tert-OH is 1. The summed E-state index contributed by atoms with van der Waals surface area (Å²) in [5.74, 6) is -2.11. The summed E-state index contributed by atoms with van der Waals surface area (Å²) in [6.45, 7) is 4.98. The van der Waals surface area contributed by atoms with Crippen molar-refractivity contribution in [3.63, 3.8) is 0 Å². The molecule has 2 unspecified atom stereocenters. The number of phosphoric acid groups is 2. The number of hydrogen-bond acceptors (Lipinski definition) is 15. The van der Waals surface area contributed by atoms with Gasteiger partial charge >= 0.3 is 39.5 Å². The minimum absolute atomic E-state index is 0.108. The van der Waals surface area contributed by atoms with Gasteiger partial charge in [-0.2, -0.15) is 0 Å². The second kappa shape index (κ2) is 67.6. The van der Waals surface area contributed by atoms with Crippen LogP contribution in [0.5, 0.6) is 0 Å². The normalized spacial score (nSPS) is 13.9. The van der Waals surface area contributed by atoms with Crippen LogP contribution in [0.2, 0.25) is 0 Å². The largest absolute Gasteiger partial charge is 0.472 e. The third kappa shape index (κ3) is 66.7. The van der Waals surface area contributed by atoms with Gasteiger partial charge in [-0.3, -0.25) is 37.3 Å². The number of ether oxygens (including phenoxy) is 4. The van der Waals surface area contributed by atoms with E-state index in [1.54, 1.807) is 0 Å². The van der Waals surface area contributed by atoms with E-state index in [1.807, 2.05) is 0 Å². The van der Waals surface area contributed by atoms with Crippen LogP contribution in [-0.2, 0) is 65.4 Å². The molecule has 0 aromatic carbocycles. The Bertz CT molecular complexity index is 1760. The molecule has 546 valence electrons. The van der Waals surface area contributed by atoms with Crippen LogP contribution in [0, 0.1) is 0 Å². The number of aliphatic hydroxyl groups is 1. The average molecular weight is 1350 g/mol. The molecule has 0 bridgehead atoms. The van der Waals surface area contributed by atoms with Gasteiger partial charge in [0.1, 0.15) is 19.3 Å². The highest BCUT2D eigenvalue weighted by molar-refractivity contribution is 7.47. The third-order valence-electron chi connectivity index (χ3n) is 17.1. The lowest BCUT2D eigenvalue weighted by Crippen LogP contribution is -2.30. The van der Waals surface area contributed by atoms with Gasteiger partial charge in [0, 0.05) is 25.7 Å². The summed E-state index contributed by atoms with van der Waals surface area (Å²) in [5, 5.41) is 10.6. The molecule has 17 nitrogen and oxygen atoms in total. The van der Waals surface area contributed by atoms with Crippen molar-refractivity contribution >= 4 is 39.5 Å². The standard InChI is InChI=1S/C73H142O17P2/c1-5-9-13-17-21-25-29-33-34-36-40-44-48-52-56-60-73(78)90-69(64-84-71(76)58-54-50-46-42-39-35-30-26-22-18-14-10-6-2)66-88-92(81,82)86-62-67(74)61-85-91(79,80)87-65-68(89-72(77)59-55-51-47-43-38-32-28-24-20-16-12-8-4)63-83-70(75)57-53-49-45-41-37-31-27-23-19-15-11-7-3/h67-69,74H,5-66H2,1-4H3,(H,79,80)(H,81,82)/t67-,68+,69+/m0/s1. The molecule has 0 saturated carbocycles. The maximum Gasteiger partial charge on any atom is 0.472 e. The van der Waals surface area contributed by atoms with Crippen molar-refractivity contribution in [3.8, 4) is 0 Å². The molecular weight excluding hydrogens is 1210 g/mol. The molecule has 92 heavy (non-hydrogen) atoms. The molecule has 0 heterocycles. The van der Waals surface area contributed by atoms with Gasteiger partial charge < -0.3 is 33.8 Å². The minimum atomic E-state index is -4.95. The van der Waals surface area contributed by atoms with E-state index in [9.17, 15) is 43.2 Å². The highest BCUT2D eigenvalue weighted by Crippen LogP contribution is 2.45. The molecule has 5 atom stereocenters. The lowest BCUT2D eigenvalue weighted by Gasteiger charge is -2.21. The zero-order chi connectivity index (χ0) is 67.5. The molecule has 0 fully saturated rings. The molecule has 0 saturated heterocycles. The van der Waals surface area contributed by atoms with Crippen molar-refractivity contribution < 1.29 is 80.2 Å². The fraction of sp³-hybridized carbons (Fsp3) is 0.945. The van der Waals surface area contributed by atoms with Crippen molar-refractivity contribution in [1.29, 1.82) is 0 Å². The Morgan fingerprint density at radius 2 is 0.435 bits per heavy atom. The van der Waals surface area contributed by atoms with E-state index in [2.05, 4.69) is 27.7 Å². The molecule has 0 radical (unpaired) electrons. The van der Waals surface area contributed by atoms with Gasteiger partial charge in [0.2, 0.25) is 0 Å². The Balaban J connectivity index is 5.25. The molecule has 0 amide bonds. The highest BCUT2D eigenvalue weighted by Gasteiger charge is 2.30. The van der Waals surface area contributed by atoms with E-state index in [0.29, 0.717) is 25.7 Å². The molecular formula is C73H142O17P2. The third-order valence-corrected chi connectivity index (χ3v) is 19.0. The van der Waals surface area contributed by atoms with Crippen LogP contribution in [0.1, 0.15) is 387 Å². The SMILES string of the molecule is CCCCCCCCCCCCCCCCCC(=O)O[C@H](COC(=O)CCCCCCCCCCCCCCC)COP(=O)(O)OC[C@@H](O)COP(=O)(O)OC[C@@H](COC(=O)CCCCCCCCCCCCCC)OC(=O)CCCCCCCCCCCCCC. The molecule has 0 aromatic heterocycles. The zero-order valence-electron chi connectivity index (χ0n) is 59.5. The molecule has 0 spiro atoms. The summed E-state index contributed by atoms with van der Waals surface area (Å²) in [7, 11) is -9.90. The van der Waals surface area contributed by atoms with Gasteiger partial charge in [-0.1, -0.05) is 336 Å². The first-order valence-electron chi connectivity index (χ1n) is 38.3. The molecule has 0 aromatic rings. The first kappa shape index (κ1) is 90.1. The van der Waals surface area contributed by atoms with Crippen LogP contribution in [-0.4, -0.2) is 96.7 Å². The van der Waals surface area contributed by atoms with E-state index in [0.717, 1.165) is 89.9 Å². The van der Waals surface area contributed by atoms with Crippen LogP contribution >= 0.6 is 15.6 Å². The monoisotopic (exact) mass is 1350 g/mol. The molecule has 0 rings (SSSR count). The number of phosphoric ester groups is 2. The van der Waals surface area contributed by atoms with Crippen LogP contribution in [0.15, 0.2) is 0 Å². The first-order chi connectivity index (χ1) is 44.7. The summed E-state index contributed by atoms with van der Waals surface area (Å²) in [6.07, 6.45) is 56.6. The second-order valence-electron chi connectivity index (χ2n) is 26.3. The summed E-state index contributed by atoms with van der Waals surface area (Å²) in [4.78, 5) is 72.7. The van der Waals surface area contributed by atoms with Crippen molar-refractivity contribution in [2.24, 2.45) is 0 Å². The Kier molecular flexibility index (Phi) is 66.2. The molecule has 19 heteroatoms. The van der Waals surface area contributed by atoms with Crippen molar-refractivity contribution in [3.05, 3.63) is 0 Å². The Hall–Kier alpha value is -1.94. The van der Waals surface area contributed by atoms with Crippen LogP contribution in [0.25, 0.3) is 0 Å². The highest BCUT2D eigenvalue weighted by atomic mass is 31.2. The molecule has 0 aliphatic rings. The molecule has 0 aliphatic carbocycles. The van der Waals surface area contributed by atoms with Crippen LogP contribution in [0.3, 0.4) is 0 Å². The van der Waals surface area contributed by atoms with E-state index in [1.165, 1.54) is 218 Å². The van der Waals surface area contributed by atoms with Gasteiger partial charge in [-0.05, 0) is 25.7 Å². The molecule has 3 N–H and O–H groups in total. The van der Waals surface area contributed by atoms with E-state index in [4.69, 9.17) is 37.0 Å². The predicted molar refractivity (Wildman–Crippen MR) is 372 cm³/mol. The van der Waals surface area contributed by atoms with Gasteiger partial charge in [-0.15, -0.1) is 0 Å². The topological polar surface area (TPSA) is 237 Å². The lowest BCUT2D eigenvalue weighted by atomic mass is 10.0. The quantitative estimate of drug-likeness (QED) is 0.0222. The van der Waals surface area contributed by atoms with Gasteiger partial charge in [-0.25, -0.2) is 9.13 Å². The minimum Gasteiger partial charge on any atom is -0.462 e. The van der Waals surface area contributed by atoms with E-state index in [-0.39, 0.29) is 25.7 Å². The van der Waals surface area contributed by atoms with Gasteiger partial charge in [0.05, 0.1) is 26.4 Å². The predicted octanol–water partition coefficient (Wildman–Crippen LogP) is 21.4. The second-order valence-corrected chi connectivity index (χ2v) is 29.2. The Morgan fingerprint density at radius 1 is 0.261 bits per heavy atom. The summed E-state index contributed by atoms with van der Waals surface area (Å²) < 4.78 is 68.4. The lowest BCUT2D eigenvalue weighted by molar-refractivity contribution is -0.161. The zero-order valence-corrected chi connectivity index (χ0v) is 61.3. The van der Waals surface area contributed by atoms with Crippen molar-refractivity contribution in [2.45, 2.75) is 406 Å². The maximum atomic E-state index is 13.1. The number of unbranched alkanes of at least 4 members (excludes halogenated alkanes) is 48. The summed E-state index contributed by atoms with van der Waals surface area (Å²) >= 11 is 0. The Labute approximate surface area is 562 Å². The maximum absolute atomic E-state index is 13.1. The smallest absolute Gasteiger partial charge is 0.462 e. The fourth-order valence-electron chi connectivity index (χ4n) is 11.2. The molecule has 0 aliphatic heterocycles. The Morgan fingerprint density at radius 3 is 0.641 bits per heavy atom. The van der Waals surface area contributed by atoms with Crippen molar-refractivity contribution in [1.82, 2.24) is 0 Å². The number of carbonyl (C=O) groups excluding carboxylic acids is 4. The number of esters is 4. The van der Waals surface area contributed by atoms with Gasteiger partial charge in [0.25, 0.3) is 0 Å². The number of carbonyl (C=O) groups is 4. The first-order valence-corrected chi connectivity index (χ1v) is 41.3. The van der Waals surface area contributed by atoms with E-state index < -0.39 is 97.5 Å².